The molecule has 6 nitrogen and oxygen atoms in total. The van der Waals surface area contributed by atoms with Gasteiger partial charge in [0.15, 0.2) is 11.6 Å². The van der Waals surface area contributed by atoms with E-state index in [2.05, 4.69) is 20.6 Å². The Labute approximate surface area is 95.4 Å². The van der Waals surface area contributed by atoms with Crippen LogP contribution >= 0.6 is 0 Å². The Morgan fingerprint density at radius 3 is 2.44 bits per heavy atom. The Morgan fingerprint density at radius 1 is 1.19 bits per heavy atom. The molecular formula is C10H18N4O2. The van der Waals surface area contributed by atoms with Gasteiger partial charge in [0.05, 0.1) is 13.7 Å². The second kappa shape index (κ2) is 6.84. The maximum atomic E-state index is 5.27. The van der Waals surface area contributed by atoms with Crippen LogP contribution < -0.4 is 15.4 Å². The predicted octanol–water partition coefficient (Wildman–Crippen LogP) is 0.975. The third kappa shape index (κ3) is 3.23. The quantitative estimate of drug-likeness (QED) is 0.675. The van der Waals surface area contributed by atoms with E-state index < -0.39 is 0 Å². The Hall–Kier alpha value is -1.56. The standard InChI is InChI=1S/C10H18N4O2/c1-4-11-9-8(16-3)10(14-7-13-9)12-5-6-15-2/h7H,4-6H2,1-3H3,(H2,11,12,13,14). The van der Waals surface area contributed by atoms with Gasteiger partial charge in [0.2, 0.25) is 5.75 Å². The molecule has 0 fully saturated rings. The highest BCUT2D eigenvalue weighted by molar-refractivity contribution is 5.63. The molecule has 0 amide bonds. The van der Waals surface area contributed by atoms with Crippen LogP contribution in [0, 0.1) is 0 Å². The van der Waals surface area contributed by atoms with Gasteiger partial charge >= 0.3 is 0 Å². The maximum absolute atomic E-state index is 5.27. The van der Waals surface area contributed by atoms with Crippen molar-refractivity contribution in [3.05, 3.63) is 6.33 Å². The Kier molecular flexibility index (Phi) is 5.35. The van der Waals surface area contributed by atoms with Crippen molar-refractivity contribution in [2.75, 3.05) is 44.5 Å². The molecule has 0 unspecified atom stereocenters. The van der Waals surface area contributed by atoms with Crippen molar-refractivity contribution in [1.29, 1.82) is 0 Å². The summed E-state index contributed by atoms with van der Waals surface area (Å²) < 4.78 is 10.2. The third-order valence-corrected chi connectivity index (χ3v) is 1.95. The van der Waals surface area contributed by atoms with Gasteiger partial charge in [0.25, 0.3) is 0 Å². The zero-order valence-corrected chi connectivity index (χ0v) is 9.91. The van der Waals surface area contributed by atoms with Crippen LogP contribution in [0.3, 0.4) is 0 Å². The molecule has 0 bridgehead atoms. The number of rotatable bonds is 7. The van der Waals surface area contributed by atoms with Gasteiger partial charge in [-0.15, -0.1) is 0 Å². The summed E-state index contributed by atoms with van der Waals surface area (Å²) in [6.07, 6.45) is 1.50. The fraction of sp³-hybridized carbons (Fsp3) is 0.600. The van der Waals surface area contributed by atoms with Gasteiger partial charge < -0.3 is 20.1 Å². The summed E-state index contributed by atoms with van der Waals surface area (Å²) in [5.74, 6) is 1.99. The minimum Gasteiger partial charge on any atom is -0.490 e. The van der Waals surface area contributed by atoms with Crippen molar-refractivity contribution < 1.29 is 9.47 Å². The van der Waals surface area contributed by atoms with Crippen LogP contribution in [0.2, 0.25) is 0 Å². The monoisotopic (exact) mass is 226 g/mol. The molecule has 0 radical (unpaired) electrons. The van der Waals surface area contributed by atoms with Gasteiger partial charge in [-0.1, -0.05) is 0 Å². The first kappa shape index (κ1) is 12.5. The summed E-state index contributed by atoms with van der Waals surface area (Å²) in [4.78, 5) is 8.23. The van der Waals surface area contributed by atoms with E-state index in [-0.39, 0.29) is 0 Å². The number of hydrogen-bond acceptors (Lipinski definition) is 6. The lowest BCUT2D eigenvalue weighted by Crippen LogP contribution is -2.11. The van der Waals surface area contributed by atoms with E-state index in [9.17, 15) is 0 Å². The first-order valence-electron chi connectivity index (χ1n) is 5.19. The van der Waals surface area contributed by atoms with Crippen molar-refractivity contribution >= 4 is 11.6 Å². The molecule has 1 heterocycles. The zero-order chi connectivity index (χ0) is 11.8. The highest BCUT2D eigenvalue weighted by Crippen LogP contribution is 2.28. The molecule has 0 aliphatic carbocycles. The van der Waals surface area contributed by atoms with Crippen molar-refractivity contribution in [3.8, 4) is 5.75 Å². The molecule has 2 N–H and O–H groups in total. The van der Waals surface area contributed by atoms with Gasteiger partial charge in [-0.05, 0) is 6.92 Å². The Bertz CT molecular complexity index is 320. The molecule has 16 heavy (non-hydrogen) atoms. The predicted molar refractivity (Wildman–Crippen MR) is 63.1 cm³/mol. The van der Waals surface area contributed by atoms with Crippen LogP contribution in [0.1, 0.15) is 6.92 Å². The molecular weight excluding hydrogens is 208 g/mol. The molecule has 0 atom stereocenters. The topological polar surface area (TPSA) is 68.3 Å². The number of methoxy groups -OCH3 is 2. The van der Waals surface area contributed by atoms with Crippen molar-refractivity contribution in [2.45, 2.75) is 6.92 Å². The largest absolute Gasteiger partial charge is 0.490 e. The molecule has 0 saturated carbocycles. The number of ether oxygens (including phenoxy) is 2. The first-order valence-corrected chi connectivity index (χ1v) is 5.19. The number of hydrogen-bond donors (Lipinski definition) is 2. The summed E-state index contributed by atoms with van der Waals surface area (Å²) >= 11 is 0. The third-order valence-electron chi connectivity index (χ3n) is 1.95. The van der Waals surface area contributed by atoms with E-state index in [0.29, 0.717) is 30.5 Å². The number of aromatic nitrogens is 2. The molecule has 0 aliphatic heterocycles. The van der Waals surface area contributed by atoms with Crippen LogP contribution in [0.4, 0.5) is 11.6 Å². The van der Waals surface area contributed by atoms with E-state index in [0.717, 1.165) is 6.54 Å². The molecule has 0 saturated heterocycles. The number of nitrogens with one attached hydrogen (secondary N) is 2. The van der Waals surface area contributed by atoms with Crippen molar-refractivity contribution in [1.82, 2.24) is 9.97 Å². The first-order chi connectivity index (χ1) is 7.83. The number of nitrogens with zero attached hydrogens (tertiary/aromatic N) is 2. The molecule has 0 aromatic carbocycles. The van der Waals surface area contributed by atoms with E-state index in [4.69, 9.17) is 9.47 Å². The lowest BCUT2D eigenvalue weighted by atomic mass is 10.4. The van der Waals surface area contributed by atoms with Crippen molar-refractivity contribution in [2.24, 2.45) is 0 Å². The zero-order valence-electron chi connectivity index (χ0n) is 9.91. The molecule has 90 valence electrons. The molecule has 1 aromatic heterocycles. The smallest absolute Gasteiger partial charge is 0.204 e. The lowest BCUT2D eigenvalue weighted by Gasteiger charge is -2.13. The second-order valence-corrected chi connectivity index (χ2v) is 3.05. The normalized spacial score (nSPS) is 9.94. The van der Waals surface area contributed by atoms with Gasteiger partial charge in [0, 0.05) is 20.2 Å². The molecule has 6 heteroatoms. The van der Waals surface area contributed by atoms with E-state index >= 15 is 0 Å². The average Bonchev–Trinajstić information content (AvgIpc) is 2.30. The second-order valence-electron chi connectivity index (χ2n) is 3.05. The van der Waals surface area contributed by atoms with Gasteiger partial charge in [-0.25, -0.2) is 9.97 Å². The molecule has 1 rings (SSSR count). The Balaban J connectivity index is 2.77. The van der Waals surface area contributed by atoms with Crippen LogP contribution in [-0.4, -0.2) is 43.9 Å². The van der Waals surface area contributed by atoms with Crippen LogP contribution in [0.15, 0.2) is 6.33 Å². The number of anilines is 2. The summed E-state index contributed by atoms with van der Waals surface area (Å²) in [6.45, 7) is 4.07. The summed E-state index contributed by atoms with van der Waals surface area (Å²) in [5, 5.41) is 6.23. The minimum absolute atomic E-state index is 0.615. The van der Waals surface area contributed by atoms with Crippen molar-refractivity contribution in [3.63, 3.8) is 0 Å². The highest BCUT2D eigenvalue weighted by Gasteiger charge is 2.10. The van der Waals surface area contributed by atoms with Crippen LogP contribution in [-0.2, 0) is 4.74 Å². The van der Waals surface area contributed by atoms with Crippen LogP contribution in [0.5, 0.6) is 5.75 Å². The molecule has 0 spiro atoms. The lowest BCUT2D eigenvalue weighted by molar-refractivity contribution is 0.210. The SMILES string of the molecule is CCNc1ncnc(NCCOC)c1OC. The van der Waals surface area contributed by atoms with E-state index in [1.165, 1.54) is 6.33 Å². The molecule has 0 aliphatic rings. The van der Waals surface area contributed by atoms with E-state index in [1.54, 1.807) is 14.2 Å². The summed E-state index contributed by atoms with van der Waals surface area (Å²) in [5.41, 5.74) is 0. The summed E-state index contributed by atoms with van der Waals surface area (Å²) in [6, 6.07) is 0. The molecule has 1 aromatic rings. The minimum atomic E-state index is 0.615. The fourth-order valence-corrected chi connectivity index (χ4v) is 1.26. The fourth-order valence-electron chi connectivity index (χ4n) is 1.26. The van der Waals surface area contributed by atoms with E-state index in [1.807, 2.05) is 6.92 Å². The summed E-state index contributed by atoms with van der Waals surface area (Å²) in [7, 11) is 3.25. The highest BCUT2D eigenvalue weighted by atomic mass is 16.5. The maximum Gasteiger partial charge on any atom is 0.204 e. The van der Waals surface area contributed by atoms with Gasteiger partial charge in [-0.2, -0.15) is 0 Å². The Morgan fingerprint density at radius 2 is 1.88 bits per heavy atom. The average molecular weight is 226 g/mol. The van der Waals surface area contributed by atoms with Gasteiger partial charge in [0.1, 0.15) is 6.33 Å². The van der Waals surface area contributed by atoms with Crippen LogP contribution in [0.25, 0.3) is 0 Å². The van der Waals surface area contributed by atoms with Gasteiger partial charge in [-0.3, -0.25) is 0 Å².